The highest BCUT2D eigenvalue weighted by Gasteiger charge is 1.75. The maximum Gasteiger partial charge on any atom is 0.115 e. The smallest absolute Gasteiger partial charge is 0.115 e. The van der Waals surface area contributed by atoms with E-state index in [1.54, 1.807) is 54.6 Å². The molecule has 2 heteroatoms. The summed E-state index contributed by atoms with van der Waals surface area (Å²) in [4.78, 5) is 0. The van der Waals surface area contributed by atoms with Crippen LogP contribution < -0.4 is 0 Å². The van der Waals surface area contributed by atoms with Crippen molar-refractivity contribution in [3.8, 4) is 11.5 Å². The number of hydrogen-bond acceptors (Lipinski definition) is 2. The van der Waals surface area contributed by atoms with Crippen LogP contribution in [0, 0.1) is 0 Å². The third kappa shape index (κ3) is 10.1. The monoisotopic (exact) mass is 230 g/mol. The lowest BCUT2D eigenvalue weighted by Crippen LogP contribution is -1.56. The molecule has 0 spiro atoms. The fraction of sp³-hybridized carbons (Fsp3) is 0.0667. The zero-order chi connectivity index (χ0) is 12.9. The van der Waals surface area contributed by atoms with E-state index in [1.165, 1.54) is 0 Å². The molecule has 2 N–H and O–H groups in total. The molecule has 0 heterocycles. The van der Waals surface area contributed by atoms with Crippen molar-refractivity contribution in [2.75, 3.05) is 0 Å². The topological polar surface area (TPSA) is 40.5 Å². The summed E-state index contributed by atoms with van der Waals surface area (Å²) in [6, 6.07) is 17.4. The molecule has 0 atom stereocenters. The first kappa shape index (κ1) is 14.8. The third-order valence-electron chi connectivity index (χ3n) is 1.51. The van der Waals surface area contributed by atoms with Crippen LogP contribution >= 0.6 is 0 Å². The van der Waals surface area contributed by atoms with Gasteiger partial charge in [-0.3, -0.25) is 0 Å². The first-order valence-electron chi connectivity index (χ1n) is 5.25. The van der Waals surface area contributed by atoms with E-state index in [-0.39, 0.29) is 0 Å². The molecule has 0 aliphatic rings. The fourth-order valence-electron chi connectivity index (χ4n) is 0.856. The molecule has 0 saturated heterocycles. The molecule has 17 heavy (non-hydrogen) atoms. The lowest BCUT2D eigenvalue weighted by Gasteiger charge is -1.82. The van der Waals surface area contributed by atoms with Crippen molar-refractivity contribution in [1.82, 2.24) is 0 Å². The second-order valence-corrected chi connectivity index (χ2v) is 3.08. The van der Waals surface area contributed by atoms with Crippen LogP contribution in [0.2, 0.25) is 0 Å². The van der Waals surface area contributed by atoms with Crippen molar-refractivity contribution in [2.45, 2.75) is 6.92 Å². The molecule has 0 aromatic heterocycles. The Balaban J connectivity index is 0.000000247. The number of phenols is 2. The van der Waals surface area contributed by atoms with Crippen molar-refractivity contribution < 1.29 is 10.2 Å². The van der Waals surface area contributed by atoms with Gasteiger partial charge in [0.25, 0.3) is 0 Å². The van der Waals surface area contributed by atoms with Gasteiger partial charge in [-0.25, -0.2) is 0 Å². The molecule has 2 aromatic rings. The highest BCUT2D eigenvalue weighted by Crippen LogP contribution is 2.03. The average Bonchev–Trinajstić information content (AvgIpc) is 2.33. The molecule has 0 saturated carbocycles. The van der Waals surface area contributed by atoms with Gasteiger partial charge in [-0.15, -0.1) is 6.58 Å². The summed E-state index contributed by atoms with van der Waals surface area (Å²) in [5.41, 5.74) is 0. The number of aromatic hydroxyl groups is 2. The van der Waals surface area contributed by atoms with Crippen molar-refractivity contribution in [3.63, 3.8) is 0 Å². The first-order chi connectivity index (χ1) is 8.20. The minimum Gasteiger partial charge on any atom is -0.508 e. The first-order valence-corrected chi connectivity index (χ1v) is 5.25. The molecule has 0 fully saturated rings. The maximum atomic E-state index is 8.63. The molecule has 0 aliphatic carbocycles. The van der Waals surface area contributed by atoms with Crippen LogP contribution in [-0.4, -0.2) is 10.2 Å². The highest BCUT2D eigenvalue weighted by atomic mass is 16.3. The molecule has 0 amide bonds. The van der Waals surface area contributed by atoms with Crippen LogP contribution in [0.5, 0.6) is 11.5 Å². The number of benzene rings is 2. The van der Waals surface area contributed by atoms with E-state index in [2.05, 4.69) is 6.58 Å². The maximum absolute atomic E-state index is 8.63. The van der Waals surface area contributed by atoms with Gasteiger partial charge < -0.3 is 10.2 Å². The Hall–Kier alpha value is -2.22. The summed E-state index contributed by atoms with van der Waals surface area (Å²) < 4.78 is 0. The van der Waals surface area contributed by atoms with Gasteiger partial charge in [-0.1, -0.05) is 42.5 Å². The summed E-state index contributed by atoms with van der Waals surface area (Å²) in [5.74, 6) is 0.644. The Labute approximate surface area is 102 Å². The number of hydrogen-bond donors (Lipinski definition) is 2. The third-order valence-corrected chi connectivity index (χ3v) is 1.51. The summed E-state index contributed by atoms with van der Waals surface area (Å²) in [5, 5.41) is 17.3. The van der Waals surface area contributed by atoms with Gasteiger partial charge in [0, 0.05) is 0 Å². The molecule has 90 valence electrons. The van der Waals surface area contributed by atoms with Crippen LogP contribution in [0.3, 0.4) is 0 Å². The van der Waals surface area contributed by atoms with Crippen molar-refractivity contribution in [3.05, 3.63) is 73.3 Å². The van der Waals surface area contributed by atoms with E-state index >= 15 is 0 Å². The Morgan fingerprint density at radius 1 is 0.765 bits per heavy atom. The van der Waals surface area contributed by atoms with Gasteiger partial charge in [-0.2, -0.15) is 0 Å². The van der Waals surface area contributed by atoms with Gasteiger partial charge in [0.05, 0.1) is 0 Å². The minimum atomic E-state index is 0.322. The Morgan fingerprint density at radius 2 is 1.00 bits per heavy atom. The van der Waals surface area contributed by atoms with Gasteiger partial charge in [0.2, 0.25) is 0 Å². The van der Waals surface area contributed by atoms with Crippen LogP contribution in [-0.2, 0) is 0 Å². The summed E-state index contributed by atoms with van der Waals surface area (Å²) in [7, 11) is 0. The molecule has 2 nitrogen and oxygen atoms in total. The zero-order valence-electron chi connectivity index (χ0n) is 9.95. The Morgan fingerprint density at radius 3 is 1.12 bits per heavy atom. The van der Waals surface area contributed by atoms with Gasteiger partial charge >= 0.3 is 0 Å². The summed E-state index contributed by atoms with van der Waals surface area (Å²) >= 11 is 0. The van der Waals surface area contributed by atoms with Crippen LogP contribution in [0.25, 0.3) is 0 Å². The van der Waals surface area contributed by atoms with E-state index in [0.29, 0.717) is 11.5 Å². The van der Waals surface area contributed by atoms with Crippen molar-refractivity contribution in [2.24, 2.45) is 0 Å². The normalized spacial score (nSPS) is 7.82. The van der Waals surface area contributed by atoms with E-state index in [9.17, 15) is 0 Å². The van der Waals surface area contributed by atoms with Gasteiger partial charge in [0.15, 0.2) is 0 Å². The number of rotatable bonds is 0. The largest absolute Gasteiger partial charge is 0.508 e. The Kier molecular flexibility index (Phi) is 8.96. The fourth-order valence-corrected chi connectivity index (χ4v) is 0.856. The zero-order valence-corrected chi connectivity index (χ0v) is 9.95. The lowest BCUT2D eigenvalue weighted by molar-refractivity contribution is 0.475. The second kappa shape index (κ2) is 10.3. The SMILES string of the molecule is C=CC.Oc1ccccc1.Oc1ccccc1. The molecule has 0 aliphatic heterocycles. The van der Waals surface area contributed by atoms with Crippen LogP contribution in [0.4, 0.5) is 0 Å². The summed E-state index contributed by atoms with van der Waals surface area (Å²) in [6.07, 6.45) is 1.75. The van der Waals surface area contributed by atoms with E-state index in [1.807, 2.05) is 19.1 Å². The van der Waals surface area contributed by atoms with Crippen molar-refractivity contribution >= 4 is 0 Å². The molecular formula is C15H18O2. The molecule has 2 aromatic carbocycles. The van der Waals surface area contributed by atoms with Gasteiger partial charge in [-0.05, 0) is 31.2 Å². The predicted molar refractivity (Wildman–Crippen MR) is 72.1 cm³/mol. The molecule has 0 bridgehead atoms. The van der Waals surface area contributed by atoms with E-state index in [4.69, 9.17) is 10.2 Å². The molecule has 2 rings (SSSR count). The highest BCUT2D eigenvalue weighted by molar-refractivity contribution is 5.19. The van der Waals surface area contributed by atoms with Crippen molar-refractivity contribution in [1.29, 1.82) is 0 Å². The van der Waals surface area contributed by atoms with E-state index < -0.39 is 0 Å². The quantitative estimate of drug-likeness (QED) is 0.672. The van der Waals surface area contributed by atoms with Crippen LogP contribution in [0.15, 0.2) is 73.3 Å². The summed E-state index contributed by atoms with van der Waals surface area (Å²) in [6.45, 7) is 5.25. The standard InChI is InChI=1S/2C6H6O.C3H6/c2*7-6-4-2-1-3-5-6;1-3-2/h2*1-5,7H;3H,1H2,2H3. The number of phenolic OH excluding ortho intramolecular Hbond substituents is 2. The molecule has 0 radical (unpaired) electrons. The minimum absolute atomic E-state index is 0.322. The van der Waals surface area contributed by atoms with Crippen LogP contribution in [0.1, 0.15) is 6.92 Å². The Bertz CT molecular complexity index is 345. The molecule has 0 unspecified atom stereocenters. The number of para-hydroxylation sites is 2. The lowest BCUT2D eigenvalue weighted by atomic mass is 10.3. The molecular weight excluding hydrogens is 212 g/mol. The van der Waals surface area contributed by atoms with E-state index in [0.717, 1.165) is 0 Å². The number of allylic oxidation sites excluding steroid dienone is 1. The predicted octanol–water partition coefficient (Wildman–Crippen LogP) is 3.98. The second-order valence-electron chi connectivity index (χ2n) is 3.08. The average molecular weight is 230 g/mol. The van der Waals surface area contributed by atoms with Gasteiger partial charge in [0.1, 0.15) is 11.5 Å².